The van der Waals surface area contributed by atoms with Crippen molar-refractivity contribution < 1.29 is 9.42 Å². The van der Waals surface area contributed by atoms with E-state index < -0.39 is 5.91 Å². The molecular weight excluding hydrogens is 416 g/mol. The smallest absolute Gasteiger partial charge is 0.294 e. The molecule has 0 unspecified atom stereocenters. The largest absolute Gasteiger partial charge is 0.378 e. The maximum absolute atomic E-state index is 12.8. The number of nitrogens with two attached hydrogens (primary N) is 1. The molecule has 0 aliphatic heterocycles. The van der Waals surface area contributed by atoms with Crippen molar-refractivity contribution in [2.75, 3.05) is 5.73 Å². The van der Waals surface area contributed by atoms with Crippen molar-refractivity contribution >= 4 is 40.0 Å². The van der Waals surface area contributed by atoms with Gasteiger partial charge in [-0.05, 0) is 44.2 Å². The summed E-state index contributed by atoms with van der Waals surface area (Å²) in [5.74, 6) is -0.347. The highest BCUT2D eigenvalue weighted by atomic mass is 32.1. The van der Waals surface area contributed by atoms with Gasteiger partial charge in [0.2, 0.25) is 11.6 Å². The Labute approximate surface area is 179 Å². The average molecular weight is 430 g/mol. The number of nitrogens with zero attached hydrogens (tertiary/aromatic N) is 6. The Bertz CT molecular complexity index is 1400. The summed E-state index contributed by atoms with van der Waals surface area (Å²) >= 11 is 1.41. The van der Waals surface area contributed by atoms with Gasteiger partial charge in [-0.3, -0.25) is 4.79 Å². The molecule has 0 radical (unpaired) electrons. The molecule has 152 valence electrons. The van der Waals surface area contributed by atoms with E-state index in [0.29, 0.717) is 5.69 Å². The van der Waals surface area contributed by atoms with Crippen LogP contribution < -0.4 is 11.2 Å². The SMILES string of the molecule is Nc1nonc1-n1nnc(C(=O)N/N=C\c2ccc3ccccc3c2)c1-c1cccs1. The number of benzene rings is 2. The van der Waals surface area contributed by atoms with Crippen LogP contribution in [0, 0.1) is 0 Å². The Morgan fingerprint density at radius 2 is 2.00 bits per heavy atom. The molecule has 0 atom stereocenters. The number of thiophene rings is 1. The molecular formula is C20H14N8O2S. The van der Waals surface area contributed by atoms with Crippen LogP contribution in [0.2, 0.25) is 0 Å². The van der Waals surface area contributed by atoms with Gasteiger partial charge >= 0.3 is 0 Å². The number of hydrogen-bond donors (Lipinski definition) is 2. The van der Waals surface area contributed by atoms with E-state index in [4.69, 9.17) is 5.73 Å². The fraction of sp³-hybridized carbons (Fsp3) is 0. The number of fused-ring (bicyclic) bond motifs is 1. The van der Waals surface area contributed by atoms with Crippen molar-refractivity contribution in [1.29, 1.82) is 0 Å². The quantitative estimate of drug-likeness (QED) is 0.323. The number of aromatic nitrogens is 5. The van der Waals surface area contributed by atoms with E-state index in [2.05, 4.69) is 35.8 Å². The van der Waals surface area contributed by atoms with Gasteiger partial charge in [0.25, 0.3) is 5.91 Å². The van der Waals surface area contributed by atoms with Crippen molar-refractivity contribution in [3.8, 4) is 16.4 Å². The zero-order chi connectivity index (χ0) is 21.2. The lowest BCUT2D eigenvalue weighted by Crippen LogP contribution is -2.19. The molecule has 2 aromatic carbocycles. The zero-order valence-electron chi connectivity index (χ0n) is 15.8. The summed E-state index contributed by atoms with van der Waals surface area (Å²) in [4.78, 5) is 13.6. The topological polar surface area (TPSA) is 137 Å². The second-order valence-electron chi connectivity index (χ2n) is 6.45. The number of hydrogen-bond acceptors (Lipinski definition) is 9. The molecule has 31 heavy (non-hydrogen) atoms. The molecule has 5 aromatic rings. The third-order valence-electron chi connectivity index (χ3n) is 4.49. The van der Waals surface area contributed by atoms with Gasteiger partial charge in [-0.25, -0.2) is 10.1 Å². The molecule has 0 bridgehead atoms. The molecule has 0 fully saturated rings. The molecule has 0 saturated heterocycles. The molecule has 3 aromatic heterocycles. The molecule has 3 heterocycles. The van der Waals surface area contributed by atoms with Crippen LogP contribution in [0.1, 0.15) is 16.1 Å². The lowest BCUT2D eigenvalue weighted by molar-refractivity contribution is 0.0951. The second-order valence-corrected chi connectivity index (χ2v) is 7.40. The van der Waals surface area contributed by atoms with E-state index in [1.165, 1.54) is 16.0 Å². The maximum atomic E-state index is 12.8. The van der Waals surface area contributed by atoms with Gasteiger partial charge in [-0.2, -0.15) is 9.78 Å². The molecule has 0 spiro atoms. The number of rotatable bonds is 5. The van der Waals surface area contributed by atoms with E-state index in [0.717, 1.165) is 21.2 Å². The van der Waals surface area contributed by atoms with Gasteiger partial charge < -0.3 is 5.73 Å². The summed E-state index contributed by atoms with van der Waals surface area (Å²) in [7, 11) is 0. The Hall–Kier alpha value is -4.38. The van der Waals surface area contributed by atoms with Crippen LogP contribution in [0.5, 0.6) is 0 Å². The van der Waals surface area contributed by atoms with Gasteiger partial charge in [-0.15, -0.1) is 16.4 Å². The summed E-state index contributed by atoms with van der Waals surface area (Å²) < 4.78 is 5.97. The van der Waals surface area contributed by atoms with Crippen LogP contribution in [0.15, 0.2) is 69.7 Å². The Kier molecular flexibility index (Phi) is 4.69. The fourth-order valence-electron chi connectivity index (χ4n) is 3.06. The molecule has 0 aliphatic carbocycles. The number of hydrazone groups is 1. The third-order valence-corrected chi connectivity index (χ3v) is 5.37. The van der Waals surface area contributed by atoms with Gasteiger partial charge in [0.05, 0.1) is 11.1 Å². The van der Waals surface area contributed by atoms with Crippen molar-refractivity contribution in [3.05, 3.63) is 71.2 Å². The highest BCUT2D eigenvalue weighted by Crippen LogP contribution is 2.29. The number of nitrogen functional groups attached to an aromatic ring is 1. The Morgan fingerprint density at radius 3 is 2.77 bits per heavy atom. The summed E-state index contributed by atoms with van der Waals surface area (Å²) in [6.45, 7) is 0. The molecule has 0 aliphatic rings. The number of carbonyl (C=O) groups is 1. The van der Waals surface area contributed by atoms with Crippen LogP contribution in [-0.2, 0) is 0 Å². The van der Waals surface area contributed by atoms with Crippen LogP contribution in [0.25, 0.3) is 27.2 Å². The normalized spacial score (nSPS) is 11.4. The monoisotopic (exact) mass is 430 g/mol. The summed E-state index contributed by atoms with van der Waals surface area (Å²) in [6, 6.07) is 17.6. The average Bonchev–Trinajstić information content (AvgIpc) is 3.53. The van der Waals surface area contributed by atoms with Crippen molar-refractivity contribution in [3.63, 3.8) is 0 Å². The molecule has 1 amide bonds. The molecule has 11 heteroatoms. The van der Waals surface area contributed by atoms with Crippen molar-refractivity contribution in [2.24, 2.45) is 5.10 Å². The predicted molar refractivity (Wildman–Crippen MR) is 116 cm³/mol. The van der Waals surface area contributed by atoms with E-state index >= 15 is 0 Å². The van der Waals surface area contributed by atoms with Gasteiger partial charge in [0.15, 0.2) is 5.69 Å². The Morgan fingerprint density at radius 1 is 1.13 bits per heavy atom. The van der Waals surface area contributed by atoms with E-state index in [1.807, 2.05) is 60.0 Å². The minimum atomic E-state index is -0.526. The minimum Gasteiger partial charge on any atom is -0.378 e. The molecule has 10 nitrogen and oxygen atoms in total. The summed E-state index contributed by atoms with van der Waals surface area (Å²) in [6.07, 6.45) is 1.57. The number of anilines is 1. The number of nitrogens with one attached hydrogen (secondary N) is 1. The Balaban J connectivity index is 1.43. The maximum Gasteiger partial charge on any atom is 0.294 e. The third kappa shape index (κ3) is 3.53. The van der Waals surface area contributed by atoms with Crippen LogP contribution >= 0.6 is 11.3 Å². The molecule has 0 saturated carbocycles. The number of amides is 1. The van der Waals surface area contributed by atoms with Gasteiger partial charge in [0.1, 0.15) is 5.69 Å². The van der Waals surface area contributed by atoms with Gasteiger partial charge in [0, 0.05) is 0 Å². The lowest BCUT2D eigenvalue weighted by atomic mass is 10.1. The van der Waals surface area contributed by atoms with E-state index in [1.54, 1.807) is 6.21 Å². The van der Waals surface area contributed by atoms with E-state index in [9.17, 15) is 4.79 Å². The first-order valence-electron chi connectivity index (χ1n) is 9.11. The first kappa shape index (κ1) is 18.6. The first-order chi connectivity index (χ1) is 15.2. The molecule has 3 N–H and O–H groups in total. The van der Waals surface area contributed by atoms with Crippen molar-refractivity contribution in [1.82, 2.24) is 30.7 Å². The van der Waals surface area contributed by atoms with Crippen LogP contribution in [-0.4, -0.2) is 37.4 Å². The lowest BCUT2D eigenvalue weighted by Gasteiger charge is -2.03. The standard InChI is InChI=1S/C20H14N8O2S/c21-18-19(26-30-25-18)28-17(15-6-3-9-31-15)16(23-27-28)20(29)24-22-11-12-7-8-13-4-1-2-5-14(13)10-12/h1-11H,(H2,21,25)(H,24,29)/b22-11-. The highest BCUT2D eigenvalue weighted by molar-refractivity contribution is 7.13. The highest BCUT2D eigenvalue weighted by Gasteiger charge is 2.25. The summed E-state index contributed by atoms with van der Waals surface area (Å²) in [5, 5.41) is 23.5. The fourth-order valence-corrected chi connectivity index (χ4v) is 3.82. The minimum absolute atomic E-state index is 0.0315. The van der Waals surface area contributed by atoms with Crippen molar-refractivity contribution in [2.45, 2.75) is 0 Å². The van der Waals surface area contributed by atoms with E-state index in [-0.39, 0.29) is 17.3 Å². The predicted octanol–water partition coefficient (Wildman–Crippen LogP) is 2.88. The molecule has 5 rings (SSSR count). The van der Waals surface area contributed by atoms with Crippen LogP contribution in [0.3, 0.4) is 0 Å². The zero-order valence-corrected chi connectivity index (χ0v) is 16.7. The van der Waals surface area contributed by atoms with Crippen LogP contribution in [0.4, 0.5) is 5.82 Å². The summed E-state index contributed by atoms with van der Waals surface area (Å²) in [5.41, 5.74) is 9.62. The second kappa shape index (κ2) is 7.80. The number of carbonyl (C=O) groups excluding carboxylic acids is 1. The van der Waals surface area contributed by atoms with Gasteiger partial charge in [-0.1, -0.05) is 47.7 Å². The first-order valence-corrected chi connectivity index (χ1v) is 9.99.